The van der Waals surface area contributed by atoms with Crippen molar-refractivity contribution in [3.05, 3.63) is 124 Å². The third kappa shape index (κ3) is 6.45. The number of halogens is 3. The number of aromatic hydroxyl groups is 1. The fourth-order valence-electron chi connectivity index (χ4n) is 15.1. The molecule has 0 radical (unpaired) electrons. The summed E-state index contributed by atoms with van der Waals surface area (Å²) in [6.07, 6.45) is 11.1. The molecule has 3 N–H and O–H groups in total. The molecule has 4 saturated heterocycles. The van der Waals surface area contributed by atoms with Crippen LogP contribution < -0.4 is 0 Å². The van der Waals surface area contributed by atoms with Gasteiger partial charge in [0.05, 0.1) is 35.1 Å². The van der Waals surface area contributed by atoms with Crippen LogP contribution in [0.15, 0.2) is 84.9 Å². The van der Waals surface area contributed by atoms with Gasteiger partial charge >= 0.3 is 0 Å². The largest absolute Gasteiger partial charge is 0.508 e. The first-order valence-corrected chi connectivity index (χ1v) is 24.4. The van der Waals surface area contributed by atoms with Gasteiger partial charge in [0.2, 0.25) is 0 Å². The molecule has 6 aliphatic heterocycles. The van der Waals surface area contributed by atoms with Crippen molar-refractivity contribution in [3.8, 4) is 17.1 Å². The highest BCUT2D eigenvalue weighted by atomic mass is 35.5. The van der Waals surface area contributed by atoms with Crippen LogP contribution in [0.25, 0.3) is 33.2 Å². The first-order chi connectivity index (χ1) is 31.1. The molecule has 0 spiro atoms. The molecule has 6 aromatic rings. The number of benzene rings is 4. The minimum Gasteiger partial charge on any atom is -0.508 e. The summed E-state index contributed by atoms with van der Waals surface area (Å²) in [6, 6.07) is 25.8. The summed E-state index contributed by atoms with van der Waals surface area (Å²) in [5.41, 5.74) is 8.29. The quantitative estimate of drug-likeness (QED) is 0.142. The van der Waals surface area contributed by atoms with E-state index in [4.69, 9.17) is 11.6 Å². The minimum atomic E-state index is -0.351. The van der Waals surface area contributed by atoms with Crippen LogP contribution in [0.2, 0.25) is 5.02 Å². The van der Waals surface area contributed by atoms with Crippen LogP contribution in [0.3, 0.4) is 0 Å². The third-order valence-corrected chi connectivity index (χ3v) is 17.0. The molecular formula is C54H61ClF2N4O3. The van der Waals surface area contributed by atoms with E-state index in [1.54, 1.807) is 6.07 Å². The topological polar surface area (TPSA) is 77.0 Å². The maximum atomic E-state index is 13.8. The van der Waals surface area contributed by atoms with E-state index < -0.39 is 0 Å². The number of aliphatic hydroxyl groups excluding tert-OH is 2. The minimum absolute atomic E-state index is 0.112. The Morgan fingerprint density at radius 2 is 1.08 bits per heavy atom. The summed E-state index contributed by atoms with van der Waals surface area (Å²) in [5, 5.41) is 35.5. The van der Waals surface area contributed by atoms with Gasteiger partial charge in [-0.15, -0.1) is 0 Å². The van der Waals surface area contributed by atoms with E-state index >= 15 is 0 Å². The Hall–Kier alpha value is -4.25. The SMILES string of the molecule is CCCC1CC2CN3CCc4c(n(-c5ccc(F)cc5)c5ccc(Cl)cc45)C(CO)(C2)C13.CCCC1CC2CN3CCc4c(n(-c5ccc(F)cc5)c5ccc(O)cc45)C(CO)(C2)C13. The molecule has 336 valence electrons. The lowest BCUT2D eigenvalue weighted by molar-refractivity contribution is -0.0795. The Kier molecular flexibility index (Phi) is 10.8. The van der Waals surface area contributed by atoms with Crippen LogP contribution in [0.4, 0.5) is 8.78 Å². The van der Waals surface area contributed by atoms with Crippen LogP contribution in [-0.4, -0.2) is 85.7 Å². The zero-order valence-electron chi connectivity index (χ0n) is 37.1. The lowest BCUT2D eigenvalue weighted by Gasteiger charge is -2.59. The van der Waals surface area contributed by atoms with Crippen molar-refractivity contribution in [1.29, 1.82) is 0 Å². The molecule has 10 atom stereocenters. The number of nitrogens with zero attached hydrogens (tertiary/aromatic N) is 4. The maximum Gasteiger partial charge on any atom is 0.123 e. The van der Waals surface area contributed by atoms with Crippen LogP contribution in [0.1, 0.15) is 87.7 Å². The van der Waals surface area contributed by atoms with Crippen molar-refractivity contribution in [1.82, 2.24) is 18.9 Å². The van der Waals surface area contributed by atoms with Gasteiger partial charge in [-0.05, 0) is 171 Å². The van der Waals surface area contributed by atoms with Gasteiger partial charge in [0, 0.05) is 76.8 Å². The summed E-state index contributed by atoms with van der Waals surface area (Å²) in [5.74, 6) is 2.15. The molecule has 64 heavy (non-hydrogen) atoms. The molecule has 0 amide bonds. The Morgan fingerprint density at radius 1 is 0.625 bits per heavy atom. The summed E-state index contributed by atoms with van der Waals surface area (Å²) >= 11 is 6.47. The van der Waals surface area contributed by atoms with Crippen molar-refractivity contribution in [2.45, 2.75) is 101 Å². The molecule has 8 aliphatic rings. The van der Waals surface area contributed by atoms with E-state index in [0.29, 0.717) is 35.8 Å². The highest BCUT2D eigenvalue weighted by molar-refractivity contribution is 6.31. The Balaban J connectivity index is 0.000000143. The highest BCUT2D eigenvalue weighted by Crippen LogP contribution is 2.58. The fraction of sp³-hybridized carbons (Fsp3) is 0.481. The van der Waals surface area contributed by atoms with Gasteiger partial charge < -0.3 is 24.5 Å². The van der Waals surface area contributed by atoms with Gasteiger partial charge in [0.15, 0.2) is 0 Å². The van der Waals surface area contributed by atoms with Crippen molar-refractivity contribution in [3.63, 3.8) is 0 Å². The predicted molar refractivity (Wildman–Crippen MR) is 251 cm³/mol. The lowest BCUT2D eigenvalue weighted by atomic mass is 9.56. The third-order valence-electron chi connectivity index (χ3n) is 16.8. The van der Waals surface area contributed by atoms with Crippen molar-refractivity contribution < 1.29 is 24.1 Å². The van der Waals surface area contributed by atoms with Crippen molar-refractivity contribution in [2.24, 2.45) is 23.7 Å². The smallest absolute Gasteiger partial charge is 0.123 e. The molecule has 7 nitrogen and oxygen atoms in total. The molecular weight excluding hydrogens is 826 g/mol. The van der Waals surface area contributed by atoms with Gasteiger partial charge in [-0.3, -0.25) is 9.80 Å². The average molecular weight is 888 g/mol. The Labute approximate surface area is 380 Å². The molecule has 4 aromatic carbocycles. The summed E-state index contributed by atoms with van der Waals surface area (Å²) in [4.78, 5) is 5.33. The summed E-state index contributed by atoms with van der Waals surface area (Å²) in [6.45, 7) is 9.05. The number of rotatable bonds is 8. The molecule has 8 heterocycles. The molecule has 10 heteroatoms. The van der Waals surface area contributed by atoms with Gasteiger partial charge in [-0.1, -0.05) is 38.3 Å². The second kappa shape index (κ2) is 16.3. The number of piperidine rings is 4. The predicted octanol–water partition coefficient (Wildman–Crippen LogP) is 10.5. The van der Waals surface area contributed by atoms with E-state index in [1.165, 1.54) is 84.3 Å². The molecule has 2 saturated carbocycles. The summed E-state index contributed by atoms with van der Waals surface area (Å²) in [7, 11) is 0. The molecule has 10 unspecified atom stereocenters. The van der Waals surface area contributed by atoms with E-state index in [0.717, 1.165) is 91.1 Å². The Morgan fingerprint density at radius 3 is 1.53 bits per heavy atom. The summed E-state index contributed by atoms with van der Waals surface area (Å²) < 4.78 is 32.2. The van der Waals surface area contributed by atoms with Gasteiger partial charge in [0.25, 0.3) is 0 Å². The number of hydrogen-bond donors (Lipinski definition) is 3. The van der Waals surface area contributed by atoms with Gasteiger partial charge in [-0.25, -0.2) is 8.78 Å². The number of hydrogen-bond acceptors (Lipinski definition) is 5. The maximum absolute atomic E-state index is 13.8. The molecule has 6 fully saturated rings. The highest BCUT2D eigenvalue weighted by Gasteiger charge is 2.60. The first-order valence-electron chi connectivity index (χ1n) is 24.0. The van der Waals surface area contributed by atoms with Crippen LogP contribution >= 0.6 is 11.6 Å². The zero-order chi connectivity index (χ0) is 44.1. The van der Waals surface area contributed by atoms with E-state index in [9.17, 15) is 24.1 Å². The van der Waals surface area contributed by atoms with Crippen molar-refractivity contribution >= 4 is 33.4 Å². The average Bonchev–Trinajstić information content (AvgIpc) is 3.73. The van der Waals surface area contributed by atoms with E-state index in [2.05, 4.69) is 44.9 Å². The van der Waals surface area contributed by atoms with Crippen LogP contribution in [0.5, 0.6) is 5.75 Å². The monoisotopic (exact) mass is 886 g/mol. The van der Waals surface area contributed by atoms with E-state index in [-0.39, 0.29) is 41.4 Å². The number of phenolic OH excluding ortho intramolecular Hbond substituents is 1. The number of fused-ring (bicyclic) bond motifs is 8. The number of aromatic nitrogens is 2. The first kappa shape index (κ1) is 42.4. The molecule has 2 aromatic heterocycles. The number of phenols is 1. The van der Waals surface area contributed by atoms with E-state index in [1.807, 2.05) is 42.5 Å². The molecule has 14 rings (SSSR count). The standard InChI is InChI=1S/C27H30ClFN2O.C27H31FN2O2/c1-2-3-18-12-17-14-27(16-32)25(18)30(15-17)11-10-22-23-13-19(28)4-9-24(23)31(26(22)27)21-7-5-20(29)6-8-21;1-2-3-18-12-17-14-27(16-31)25(18)29(15-17)11-10-22-23-13-21(32)8-9-24(23)30(26(22)27)20-6-4-19(28)5-7-20/h4-9,13,17-18,25,32H,2-3,10-12,14-16H2,1H3;4-9,13,17-18,25,31-32H,2-3,10-12,14-16H2,1H3. The molecule has 2 aliphatic carbocycles. The van der Waals surface area contributed by atoms with Gasteiger partial charge in [-0.2, -0.15) is 0 Å². The van der Waals surface area contributed by atoms with Gasteiger partial charge in [0.1, 0.15) is 17.4 Å². The molecule has 8 bridgehead atoms. The zero-order valence-corrected chi connectivity index (χ0v) is 37.9. The van der Waals surface area contributed by atoms with Crippen LogP contribution in [-0.2, 0) is 23.7 Å². The van der Waals surface area contributed by atoms with Crippen molar-refractivity contribution in [2.75, 3.05) is 39.4 Å². The number of aliphatic hydroxyl groups is 2. The lowest BCUT2D eigenvalue weighted by Crippen LogP contribution is -2.66. The Bertz CT molecular complexity index is 2530. The second-order valence-electron chi connectivity index (χ2n) is 20.4. The fourth-order valence-corrected chi connectivity index (χ4v) is 15.2. The normalized spacial score (nSPS) is 31.0. The second-order valence-corrected chi connectivity index (χ2v) is 20.8. The van der Waals surface area contributed by atoms with Crippen LogP contribution in [0, 0.1) is 35.3 Å².